The zero-order chi connectivity index (χ0) is 18.4. The minimum atomic E-state index is -0.809. The van der Waals surface area contributed by atoms with Gasteiger partial charge in [-0.2, -0.15) is 0 Å². The second kappa shape index (κ2) is 8.34. The van der Waals surface area contributed by atoms with Crippen molar-refractivity contribution >= 4 is 17.5 Å². The third-order valence-corrected chi connectivity index (χ3v) is 3.62. The van der Waals surface area contributed by atoms with Crippen molar-refractivity contribution in [2.24, 2.45) is 0 Å². The quantitative estimate of drug-likeness (QED) is 0.729. The molecule has 2 aromatic carbocycles. The molecule has 2 amide bonds. The van der Waals surface area contributed by atoms with Crippen molar-refractivity contribution < 1.29 is 23.3 Å². The molecule has 0 aliphatic heterocycles. The fourth-order valence-corrected chi connectivity index (χ4v) is 2.39. The van der Waals surface area contributed by atoms with Crippen LogP contribution in [-0.4, -0.2) is 32.5 Å². The van der Waals surface area contributed by atoms with E-state index >= 15 is 0 Å². The van der Waals surface area contributed by atoms with Crippen LogP contribution >= 0.6 is 0 Å². The van der Waals surface area contributed by atoms with Crippen LogP contribution in [0.3, 0.4) is 0 Å². The molecule has 0 aliphatic rings. The number of carbonyl (C=O) groups is 2. The average Bonchev–Trinajstić information content (AvgIpc) is 2.57. The molecule has 7 heteroatoms. The molecule has 0 bridgehead atoms. The van der Waals surface area contributed by atoms with Gasteiger partial charge in [0.25, 0.3) is 11.8 Å². The zero-order valence-electron chi connectivity index (χ0n) is 14.0. The highest BCUT2D eigenvalue weighted by Gasteiger charge is 2.13. The summed E-state index contributed by atoms with van der Waals surface area (Å²) in [4.78, 5) is 24.4. The van der Waals surface area contributed by atoms with Gasteiger partial charge in [-0.1, -0.05) is 12.1 Å². The van der Waals surface area contributed by atoms with Gasteiger partial charge in [0.15, 0.2) is 6.54 Å². The van der Waals surface area contributed by atoms with E-state index in [-0.39, 0.29) is 24.0 Å². The van der Waals surface area contributed by atoms with Gasteiger partial charge in [0, 0.05) is 24.2 Å². The lowest BCUT2D eigenvalue weighted by molar-refractivity contribution is -0.885. The molecule has 2 aromatic rings. The van der Waals surface area contributed by atoms with Crippen LogP contribution in [0.5, 0.6) is 0 Å². The van der Waals surface area contributed by atoms with Crippen molar-refractivity contribution in [1.29, 1.82) is 0 Å². The van der Waals surface area contributed by atoms with Gasteiger partial charge in [0.1, 0.15) is 18.2 Å². The molecule has 3 N–H and O–H groups in total. The summed E-state index contributed by atoms with van der Waals surface area (Å²) in [5, 5.41) is 4.98. The van der Waals surface area contributed by atoms with E-state index in [2.05, 4.69) is 10.6 Å². The predicted octanol–water partition coefficient (Wildman–Crippen LogP) is 0.978. The van der Waals surface area contributed by atoms with Crippen LogP contribution in [-0.2, 0) is 11.3 Å². The number of hydrogen-bond donors (Lipinski definition) is 3. The first kappa shape index (κ1) is 18.5. The van der Waals surface area contributed by atoms with Crippen molar-refractivity contribution in [1.82, 2.24) is 5.32 Å². The van der Waals surface area contributed by atoms with Crippen molar-refractivity contribution in [3.05, 3.63) is 65.2 Å². The minimum absolute atomic E-state index is 0.0471. The van der Waals surface area contributed by atoms with Crippen LogP contribution in [0.4, 0.5) is 14.5 Å². The van der Waals surface area contributed by atoms with E-state index in [0.29, 0.717) is 12.1 Å². The fourth-order valence-electron chi connectivity index (χ4n) is 2.39. The van der Waals surface area contributed by atoms with Gasteiger partial charge in [-0.25, -0.2) is 8.78 Å². The molecule has 5 nitrogen and oxygen atoms in total. The Morgan fingerprint density at radius 3 is 2.36 bits per heavy atom. The van der Waals surface area contributed by atoms with E-state index in [1.54, 1.807) is 19.2 Å². The Morgan fingerprint density at radius 1 is 1.08 bits per heavy atom. The summed E-state index contributed by atoms with van der Waals surface area (Å²) >= 11 is 0. The van der Waals surface area contributed by atoms with Gasteiger partial charge in [0.2, 0.25) is 0 Å². The van der Waals surface area contributed by atoms with E-state index in [1.807, 2.05) is 19.2 Å². The van der Waals surface area contributed by atoms with Crippen LogP contribution in [0, 0.1) is 11.6 Å². The smallest absolute Gasteiger partial charge is 0.279 e. The van der Waals surface area contributed by atoms with Gasteiger partial charge < -0.3 is 15.5 Å². The number of carbonyl (C=O) groups excluding carboxylic acids is 2. The highest BCUT2D eigenvalue weighted by molar-refractivity contribution is 5.94. The van der Waals surface area contributed by atoms with E-state index in [4.69, 9.17) is 0 Å². The lowest BCUT2D eigenvalue weighted by atomic mass is 10.1. The molecule has 1 atom stereocenters. The van der Waals surface area contributed by atoms with Gasteiger partial charge in [-0.3, -0.25) is 9.59 Å². The predicted molar refractivity (Wildman–Crippen MR) is 90.3 cm³/mol. The van der Waals surface area contributed by atoms with Crippen molar-refractivity contribution in [2.45, 2.75) is 6.54 Å². The molecule has 0 aliphatic carbocycles. The number of nitrogens with one attached hydrogen (secondary N) is 3. The molecular formula is C18H20F2N3O2+. The van der Waals surface area contributed by atoms with Crippen LogP contribution < -0.4 is 15.5 Å². The largest absolute Gasteiger partial charge is 0.355 e. The number of quaternary nitrogens is 1. The third kappa shape index (κ3) is 5.36. The number of rotatable bonds is 6. The normalized spacial score (nSPS) is 11.7. The van der Waals surface area contributed by atoms with Crippen LogP contribution in [0.15, 0.2) is 42.5 Å². The molecule has 25 heavy (non-hydrogen) atoms. The standard InChI is InChI=1S/C18H19F2N3O2/c1-21-18(25)13-5-3-12(4-6-13)10-23(2)11-17(24)22-16-8-7-14(19)9-15(16)20/h3-9H,10-11H2,1-2H3,(H,21,25)(H,22,24)/p+1. The lowest BCUT2D eigenvalue weighted by Gasteiger charge is -2.14. The highest BCUT2D eigenvalue weighted by atomic mass is 19.1. The van der Waals surface area contributed by atoms with Crippen LogP contribution in [0.2, 0.25) is 0 Å². The second-order valence-electron chi connectivity index (χ2n) is 5.76. The summed E-state index contributed by atoms with van der Waals surface area (Å²) in [6.45, 7) is 0.682. The molecule has 0 radical (unpaired) electrons. The molecule has 1 unspecified atom stereocenters. The molecule has 0 spiro atoms. The number of benzene rings is 2. The maximum absolute atomic E-state index is 13.5. The molecule has 0 fully saturated rings. The van der Waals surface area contributed by atoms with Crippen molar-refractivity contribution in [3.8, 4) is 0 Å². The Hall–Kier alpha value is -2.80. The summed E-state index contributed by atoms with van der Waals surface area (Å²) in [5.41, 5.74) is 1.48. The second-order valence-corrected chi connectivity index (χ2v) is 5.76. The first-order valence-electron chi connectivity index (χ1n) is 7.76. The fraction of sp³-hybridized carbons (Fsp3) is 0.222. The maximum atomic E-state index is 13.5. The number of anilines is 1. The summed E-state index contributed by atoms with van der Waals surface area (Å²) in [6, 6.07) is 10.1. The monoisotopic (exact) mass is 348 g/mol. The van der Waals surface area contributed by atoms with Gasteiger partial charge in [-0.05, 0) is 24.3 Å². The Bertz CT molecular complexity index is 763. The maximum Gasteiger partial charge on any atom is 0.279 e. The Morgan fingerprint density at radius 2 is 1.76 bits per heavy atom. The molecular weight excluding hydrogens is 328 g/mol. The SMILES string of the molecule is CNC(=O)c1ccc(C[NH+](C)CC(=O)Nc2ccc(F)cc2F)cc1. The van der Waals surface area contributed by atoms with Gasteiger partial charge in [-0.15, -0.1) is 0 Å². The van der Waals surface area contributed by atoms with E-state index in [1.165, 1.54) is 6.07 Å². The summed E-state index contributed by atoms with van der Waals surface area (Å²) in [6.07, 6.45) is 0. The molecule has 0 saturated carbocycles. The first-order chi connectivity index (χ1) is 11.9. The average molecular weight is 348 g/mol. The third-order valence-electron chi connectivity index (χ3n) is 3.62. The summed E-state index contributed by atoms with van der Waals surface area (Å²) < 4.78 is 26.4. The number of amides is 2. The summed E-state index contributed by atoms with van der Waals surface area (Å²) in [7, 11) is 3.39. The highest BCUT2D eigenvalue weighted by Crippen LogP contribution is 2.14. The molecule has 0 heterocycles. The molecule has 132 valence electrons. The number of hydrogen-bond acceptors (Lipinski definition) is 2. The Balaban J connectivity index is 1.89. The zero-order valence-corrected chi connectivity index (χ0v) is 14.0. The van der Waals surface area contributed by atoms with E-state index in [0.717, 1.165) is 22.6 Å². The lowest BCUT2D eigenvalue weighted by Crippen LogP contribution is -3.08. The Kier molecular flexibility index (Phi) is 6.19. The Labute approximate surface area is 144 Å². The van der Waals surface area contributed by atoms with E-state index in [9.17, 15) is 18.4 Å². The molecule has 0 saturated heterocycles. The van der Waals surface area contributed by atoms with Gasteiger partial charge >= 0.3 is 0 Å². The van der Waals surface area contributed by atoms with Crippen LogP contribution in [0.1, 0.15) is 15.9 Å². The molecule has 0 aromatic heterocycles. The molecule has 2 rings (SSSR count). The summed E-state index contributed by atoms with van der Waals surface area (Å²) in [5.74, 6) is -2.04. The van der Waals surface area contributed by atoms with Crippen LogP contribution in [0.25, 0.3) is 0 Å². The van der Waals surface area contributed by atoms with Crippen molar-refractivity contribution in [3.63, 3.8) is 0 Å². The first-order valence-corrected chi connectivity index (χ1v) is 7.76. The number of likely N-dealkylation sites (N-methyl/N-ethyl adjacent to an activating group) is 1. The van der Waals surface area contributed by atoms with Crippen molar-refractivity contribution in [2.75, 3.05) is 26.0 Å². The minimum Gasteiger partial charge on any atom is -0.355 e. The van der Waals surface area contributed by atoms with Gasteiger partial charge in [0.05, 0.1) is 12.7 Å². The topological polar surface area (TPSA) is 62.6 Å². The van der Waals surface area contributed by atoms with E-state index < -0.39 is 11.6 Å². The number of halogens is 2.